The Morgan fingerprint density at radius 3 is 1.59 bits per heavy atom. The van der Waals surface area contributed by atoms with Gasteiger partial charge in [-0.1, -0.05) is 23.7 Å². The molecule has 0 aliphatic carbocycles. The lowest BCUT2D eigenvalue weighted by Gasteiger charge is -2.24. The number of benzene rings is 1. The Bertz CT molecular complexity index is 1010. The van der Waals surface area contributed by atoms with E-state index in [1.807, 2.05) is 24.3 Å². The zero-order valence-electron chi connectivity index (χ0n) is 17.2. The minimum Gasteiger partial charge on any atom is -0.494 e. The molecule has 0 radical (unpaired) electrons. The van der Waals surface area contributed by atoms with Gasteiger partial charge in [-0.2, -0.15) is 0 Å². The molecule has 29 heavy (non-hydrogen) atoms. The minimum absolute atomic E-state index is 0.693. The Hall–Kier alpha value is -3.60. The second-order valence-corrected chi connectivity index (χ2v) is 7.64. The van der Waals surface area contributed by atoms with E-state index in [9.17, 15) is 0 Å². The van der Waals surface area contributed by atoms with Crippen LogP contribution in [0, 0.1) is 23.7 Å². The van der Waals surface area contributed by atoms with Crippen LogP contribution in [0.5, 0.6) is 5.75 Å². The molecule has 2 heterocycles. The molecule has 4 nitrogen and oxygen atoms in total. The fourth-order valence-corrected chi connectivity index (χ4v) is 2.88. The van der Waals surface area contributed by atoms with Crippen molar-refractivity contribution in [1.29, 1.82) is 0 Å². The van der Waals surface area contributed by atoms with Crippen molar-refractivity contribution in [2.24, 2.45) is 0 Å². The van der Waals surface area contributed by atoms with E-state index in [4.69, 9.17) is 4.74 Å². The van der Waals surface area contributed by atoms with Crippen molar-refractivity contribution in [3.05, 3.63) is 89.0 Å². The number of methoxy groups -OCH3 is 1. The van der Waals surface area contributed by atoms with Gasteiger partial charge >= 0.3 is 0 Å². The van der Waals surface area contributed by atoms with Gasteiger partial charge in [0.25, 0.3) is 0 Å². The Kier molecular flexibility index (Phi) is 6.29. The summed E-state index contributed by atoms with van der Waals surface area (Å²) in [4.78, 5) is 8.08. The number of hydrogen-bond donors (Lipinski definition) is 0. The first-order valence-electron chi connectivity index (χ1n) is 9.30. The highest BCUT2D eigenvalue weighted by Gasteiger charge is 2.14. The number of nitrogens with zero attached hydrogens (tertiary/aromatic N) is 3. The summed E-state index contributed by atoms with van der Waals surface area (Å²) < 4.78 is 6.51. The molecule has 2 aromatic heterocycles. The SMILES string of the molecule is COc1c(C#Cc2ccncc2)cc(C[N+](C)(C)C)cc1C#Cc1ccncc1. The summed E-state index contributed by atoms with van der Waals surface area (Å²) in [5.41, 5.74) is 4.63. The lowest BCUT2D eigenvalue weighted by atomic mass is 10.0. The van der Waals surface area contributed by atoms with Crippen molar-refractivity contribution >= 4 is 0 Å². The van der Waals surface area contributed by atoms with Gasteiger partial charge in [0.05, 0.1) is 39.4 Å². The molecular weight excluding hydrogens is 358 g/mol. The van der Waals surface area contributed by atoms with Gasteiger partial charge in [0.2, 0.25) is 0 Å². The topological polar surface area (TPSA) is 35.0 Å². The van der Waals surface area contributed by atoms with E-state index in [0.717, 1.165) is 38.8 Å². The molecule has 144 valence electrons. The fraction of sp³-hybridized carbons (Fsp3) is 0.200. The van der Waals surface area contributed by atoms with Gasteiger partial charge < -0.3 is 9.22 Å². The van der Waals surface area contributed by atoms with Crippen LogP contribution in [0.3, 0.4) is 0 Å². The Balaban J connectivity index is 2.10. The first-order valence-corrected chi connectivity index (χ1v) is 9.30. The van der Waals surface area contributed by atoms with Crippen LogP contribution >= 0.6 is 0 Å². The third-order valence-electron chi connectivity index (χ3n) is 4.05. The molecule has 0 aliphatic heterocycles. The van der Waals surface area contributed by atoms with Gasteiger partial charge in [0.1, 0.15) is 12.3 Å². The van der Waals surface area contributed by atoms with Crippen molar-refractivity contribution in [1.82, 2.24) is 9.97 Å². The van der Waals surface area contributed by atoms with E-state index in [-0.39, 0.29) is 0 Å². The summed E-state index contributed by atoms with van der Waals surface area (Å²) in [7, 11) is 8.14. The van der Waals surface area contributed by atoms with Crippen LogP contribution in [-0.4, -0.2) is 42.7 Å². The van der Waals surface area contributed by atoms with E-state index < -0.39 is 0 Å². The van der Waals surface area contributed by atoms with Crippen molar-refractivity contribution in [3.63, 3.8) is 0 Å². The molecular formula is C25H24N3O+. The van der Waals surface area contributed by atoms with Crippen LogP contribution in [0.1, 0.15) is 27.8 Å². The largest absolute Gasteiger partial charge is 0.494 e. The zero-order chi connectivity index (χ0) is 20.7. The molecule has 0 bridgehead atoms. The number of pyridine rings is 2. The summed E-state index contributed by atoms with van der Waals surface area (Å²) in [5.74, 6) is 13.6. The van der Waals surface area contributed by atoms with Crippen molar-refractivity contribution in [2.75, 3.05) is 28.3 Å². The van der Waals surface area contributed by atoms with Gasteiger partial charge in [-0.25, -0.2) is 0 Å². The molecule has 1 aromatic carbocycles. The monoisotopic (exact) mass is 382 g/mol. The molecule has 0 saturated carbocycles. The maximum absolute atomic E-state index is 5.70. The number of aromatic nitrogens is 2. The quantitative estimate of drug-likeness (QED) is 0.514. The number of ether oxygens (including phenoxy) is 1. The highest BCUT2D eigenvalue weighted by atomic mass is 16.5. The molecule has 0 spiro atoms. The summed E-state index contributed by atoms with van der Waals surface area (Å²) >= 11 is 0. The molecule has 0 amide bonds. The molecule has 0 saturated heterocycles. The third kappa shape index (κ3) is 5.94. The van der Waals surface area contributed by atoms with Crippen molar-refractivity contribution < 1.29 is 9.22 Å². The maximum Gasteiger partial charge on any atom is 0.150 e. The molecule has 3 rings (SSSR count). The smallest absolute Gasteiger partial charge is 0.150 e. The van der Waals surface area contributed by atoms with Gasteiger partial charge in [-0.3, -0.25) is 9.97 Å². The van der Waals surface area contributed by atoms with Crippen LogP contribution in [0.25, 0.3) is 0 Å². The molecule has 0 fully saturated rings. The average molecular weight is 382 g/mol. The van der Waals surface area contributed by atoms with Crippen molar-refractivity contribution in [3.8, 4) is 29.4 Å². The van der Waals surface area contributed by atoms with E-state index in [2.05, 4.69) is 66.9 Å². The van der Waals surface area contributed by atoms with Crippen LogP contribution in [0.2, 0.25) is 0 Å². The summed E-state index contributed by atoms with van der Waals surface area (Å²) in [6, 6.07) is 11.7. The van der Waals surface area contributed by atoms with Crippen LogP contribution in [0.4, 0.5) is 0 Å². The van der Waals surface area contributed by atoms with Crippen LogP contribution in [-0.2, 0) is 6.54 Å². The normalized spacial score (nSPS) is 10.3. The second kappa shape index (κ2) is 9.06. The minimum atomic E-state index is 0.693. The second-order valence-electron chi connectivity index (χ2n) is 7.64. The van der Waals surface area contributed by atoms with Gasteiger partial charge in [-0.15, -0.1) is 0 Å². The molecule has 0 aliphatic rings. The lowest BCUT2D eigenvalue weighted by molar-refractivity contribution is -0.884. The highest BCUT2D eigenvalue weighted by molar-refractivity contribution is 5.60. The van der Waals surface area contributed by atoms with E-state index in [1.165, 1.54) is 0 Å². The predicted octanol–water partition coefficient (Wildman–Crippen LogP) is 3.49. The Morgan fingerprint density at radius 1 is 0.759 bits per heavy atom. The fourth-order valence-electron chi connectivity index (χ4n) is 2.88. The van der Waals surface area contributed by atoms with Crippen LogP contribution in [0.15, 0.2) is 61.2 Å². The third-order valence-corrected chi connectivity index (χ3v) is 4.05. The number of rotatable bonds is 3. The summed E-state index contributed by atoms with van der Waals surface area (Å²) in [6.45, 7) is 0.859. The van der Waals surface area contributed by atoms with Gasteiger partial charge in [-0.05, 0) is 36.4 Å². The standard InChI is InChI=1S/C25H24N3O/c1-28(2,3)19-22-17-23(7-5-20-9-13-26-14-10-20)25(29-4)24(18-22)8-6-21-11-15-27-16-12-21/h9-18H,19H2,1-4H3/q+1. The van der Waals surface area contributed by atoms with E-state index in [1.54, 1.807) is 31.9 Å². The molecule has 3 aromatic rings. The van der Waals surface area contributed by atoms with E-state index in [0.29, 0.717) is 5.75 Å². The molecule has 0 unspecified atom stereocenters. The Morgan fingerprint density at radius 2 is 1.21 bits per heavy atom. The number of hydrogen-bond acceptors (Lipinski definition) is 3. The van der Waals surface area contributed by atoms with E-state index >= 15 is 0 Å². The summed E-state index contributed by atoms with van der Waals surface area (Å²) in [6.07, 6.45) is 6.95. The molecule has 0 atom stereocenters. The molecule has 4 heteroatoms. The average Bonchev–Trinajstić information content (AvgIpc) is 2.71. The lowest BCUT2D eigenvalue weighted by Crippen LogP contribution is -2.33. The Labute approximate surface area is 172 Å². The van der Waals surface area contributed by atoms with Gasteiger partial charge in [0.15, 0.2) is 0 Å². The highest BCUT2D eigenvalue weighted by Crippen LogP contribution is 2.26. The van der Waals surface area contributed by atoms with Crippen molar-refractivity contribution in [2.45, 2.75) is 6.54 Å². The van der Waals surface area contributed by atoms with Crippen LogP contribution < -0.4 is 4.74 Å². The predicted molar refractivity (Wildman–Crippen MR) is 115 cm³/mol. The van der Waals surface area contributed by atoms with Gasteiger partial charge in [0, 0.05) is 41.5 Å². The first kappa shape index (κ1) is 20.1. The maximum atomic E-state index is 5.70. The first-order chi connectivity index (χ1) is 13.9. The number of quaternary nitrogens is 1. The zero-order valence-corrected chi connectivity index (χ0v) is 17.2. The molecule has 0 N–H and O–H groups in total. The summed E-state index contributed by atoms with van der Waals surface area (Å²) in [5, 5.41) is 0.